The maximum absolute atomic E-state index is 10.8. The molecule has 2 aromatic carbocycles. The van der Waals surface area contributed by atoms with Crippen LogP contribution >= 0.6 is 0 Å². The summed E-state index contributed by atoms with van der Waals surface area (Å²) in [5.41, 5.74) is 9.08. The van der Waals surface area contributed by atoms with Crippen LogP contribution in [0, 0.1) is 0 Å². The molecule has 0 saturated heterocycles. The molecule has 0 aliphatic carbocycles. The molecular weight excluding hydrogens is 250 g/mol. The first-order valence-corrected chi connectivity index (χ1v) is 6.75. The molecule has 0 radical (unpaired) electrons. The van der Waals surface area contributed by atoms with Crippen molar-refractivity contribution >= 4 is 12.0 Å². The highest BCUT2D eigenvalue weighted by atomic mass is 16.5. The van der Waals surface area contributed by atoms with Gasteiger partial charge in [-0.25, -0.2) is 0 Å². The van der Waals surface area contributed by atoms with Crippen LogP contribution in [0.3, 0.4) is 0 Å². The normalized spacial score (nSPS) is 10.4. The van der Waals surface area contributed by atoms with E-state index in [-0.39, 0.29) is 0 Å². The molecule has 2 N–H and O–H groups in total. The van der Waals surface area contributed by atoms with Gasteiger partial charge in [-0.3, -0.25) is 4.79 Å². The summed E-state index contributed by atoms with van der Waals surface area (Å²) in [6.07, 6.45) is 2.61. The Kier molecular flexibility index (Phi) is 5.33. The van der Waals surface area contributed by atoms with E-state index in [9.17, 15) is 4.79 Å². The minimum absolute atomic E-state index is 0.532. The molecule has 0 spiro atoms. The van der Waals surface area contributed by atoms with E-state index in [4.69, 9.17) is 10.5 Å². The third-order valence-corrected chi connectivity index (χ3v) is 3.14. The SMILES string of the molecule is Nc1ccc(CCCOCc2ccccc2)cc1C=O. The van der Waals surface area contributed by atoms with Gasteiger partial charge in [0.25, 0.3) is 0 Å². The van der Waals surface area contributed by atoms with Gasteiger partial charge in [-0.2, -0.15) is 0 Å². The Morgan fingerprint density at radius 2 is 1.85 bits per heavy atom. The smallest absolute Gasteiger partial charge is 0.152 e. The van der Waals surface area contributed by atoms with Gasteiger partial charge >= 0.3 is 0 Å². The average molecular weight is 269 g/mol. The highest BCUT2D eigenvalue weighted by Gasteiger charge is 2.00. The van der Waals surface area contributed by atoms with E-state index in [1.165, 1.54) is 5.56 Å². The predicted molar refractivity (Wildman–Crippen MR) is 80.7 cm³/mol. The Hall–Kier alpha value is -2.13. The van der Waals surface area contributed by atoms with E-state index in [0.29, 0.717) is 24.5 Å². The number of rotatable bonds is 7. The molecule has 20 heavy (non-hydrogen) atoms. The van der Waals surface area contributed by atoms with Crippen molar-refractivity contribution < 1.29 is 9.53 Å². The fourth-order valence-corrected chi connectivity index (χ4v) is 2.02. The van der Waals surface area contributed by atoms with Crippen LogP contribution in [0.2, 0.25) is 0 Å². The molecule has 0 bridgehead atoms. The van der Waals surface area contributed by atoms with Crippen LogP contribution in [0.5, 0.6) is 0 Å². The zero-order valence-electron chi connectivity index (χ0n) is 11.4. The number of aldehydes is 1. The fourth-order valence-electron chi connectivity index (χ4n) is 2.02. The van der Waals surface area contributed by atoms with Gasteiger partial charge in [-0.15, -0.1) is 0 Å². The summed E-state index contributed by atoms with van der Waals surface area (Å²) in [7, 11) is 0. The van der Waals surface area contributed by atoms with Crippen molar-refractivity contribution in [1.82, 2.24) is 0 Å². The first-order chi connectivity index (χ1) is 9.79. The Balaban J connectivity index is 1.72. The number of carbonyl (C=O) groups excluding carboxylic acids is 1. The van der Waals surface area contributed by atoms with Gasteiger partial charge in [0.15, 0.2) is 6.29 Å². The molecule has 0 unspecified atom stereocenters. The Labute approximate surface area is 119 Å². The van der Waals surface area contributed by atoms with Gasteiger partial charge in [0.1, 0.15) is 0 Å². The topological polar surface area (TPSA) is 52.3 Å². The molecule has 2 aromatic rings. The molecule has 3 nitrogen and oxygen atoms in total. The van der Waals surface area contributed by atoms with Crippen LogP contribution in [-0.2, 0) is 17.8 Å². The molecule has 3 heteroatoms. The lowest BCUT2D eigenvalue weighted by atomic mass is 10.1. The number of anilines is 1. The number of benzene rings is 2. The van der Waals surface area contributed by atoms with Crippen LogP contribution in [0.1, 0.15) is 27.9 Å². The molecule has 0 saturated carbocycles. The molecule has 0 aromatic heterocycles. The monoisotopic (exact) mass is 269 g/mol. The second kappa shape index (κ2) is 7.46. The molecule has 104 valence electrons. The van der Waals surface area contributed by atoms with Gasteiger partial charge in [0, 0.05) is 17.9 Å². The summed E-state index contributed by atoms with van der Waals surface area (Å²) >= 11 is 0. The number of ether oxygens (including phenoxy) is 1. The fraction of sp³-hybridized carbons (Fsp3) is 0.235. The van der Waals surface area contributed by atoms with Crippen LogP contribution in [0.15, 0.2) is 48.5 Å². The Bertz CT molecular complexity index is 552. The first kappa shape index (κ1) is 14.3. The molecular formula is C17H19NO2. The van der Waals surface area contributed by atoms with Crippen molar-refractivity contribution in [3.05, 3.63) is 65.2 Å². The van der Waals surface area contributed by atoms with Crippen LogP contribution in [-0.4, -0.2) is 12.9 Å². The van der Waals surface area contributed by atoms with E-state index in [1.54, 1.807) is 6.07 Å². The lowest BCUT2D eigenvalue weighted by Crippen LogP contribution is -1.99. The second-order valence-electron chi connectivity index (χ2n) is 4.72. The van der Waals surface area contributed by atoms with E-state index in [1.807, 2.05) is 30.3 Å². The van der Waals surface area contributed by atoms with E-state index in [0.717, 1.165) is 24.7 Å². The molecule has 0 aliphatic heterocycles. The molecule has 0 heterocycles. The molecule has 0 fully saturated rings. The van der Waals surface area contributed by atoms with Crippen molar-refractivity contribution in [2.24, 2.45) is 0 Å². The number of carbonyl (C=O) groups is 1. The second-order valence-corrected chi connectivity index (χ2v) is 4.72. The minimum Gasteiger partial charge on any atom is -0.398 e. The number of hydrogen-bond donors (Lipinski definition) is 1. The number of nitrogens with two attached hydrogens (primary N) is 1. The van der Waals surface area contributed by atoms with E-state index in [2.05, 4.69) is 12.1 Å². The third-order valence-electron chi connectivity index (χ3n) is 3.14. The number of hydrogen-bond acceptors (Lipinski definition) is 3. The quantitative estimate of drug-likeness (QED) is 0.477. The lowest BCUT2D eigenvalue weighted by Gasteiger charge is -2.06. The van der Waals surface area contributed by atoms with Crippen molar-refractivity contribution in [2.45, 2.75) is 19.4 Å². The number of aryl methyl sites for hydroxylation is 1. The maximum atomic E-state index is 10.8. The average Bonchev–Trinajstić information content (AvgIpc) is 2.49. The zero-order valence-corrected chi connectivity index (χ0v) is 11.4. The maximum Gasteiger partial charge on any atom is 0.152 e. The van der Waals surface area contributed by atoms with Crippen molar-refractivity contribution in [3.63, 3.8) is 0 Å². The highest BCUT2D eigenvalue weighted by Crippen LogP contribution is 2.13. The van der Waals surface area contributed by atoms with Crippen LogP contribution < -0.4 is 5.73 Å². The van der Waals surface area contributed by atoms with Crippen molar-refractivity contribution in [1.29, 1.82) is 0 Å². The number of nitrogen functional groups attached to an aromatic ring is 1. The Morgan fingerprint density at radius 1 is 1.05 bits per heavy atom. The van der Waals surface area contributed by atoms with Gasteiger partial charge in [0.05, 0.1) is 6.61 Å². The third kappa shape index (κ3) is 4.21. The van der Waals surface area contributed by atoms with Gasteiger partial charge in [0.2, 0.25) is 0 Å². The summed E-state index contributed by atoms with van der Waals surface area (Å²) in [5.74, 6) is 0. The summed E-state index contributed by atoms with van der Waals surface area (Å²) in [6.45, 7) is 1.35. The predicted octanol–water partition coefficient (Wildman–Crippen LogP) is 3.23. The lowest BCUT2D eigenvalue weighted by molar-refractivity contribution is 0.112. The molecule has 0 aliphatic rings. The van der Waals surface area contributed by atoms with Gasteiger partial charge < -0.3 is 10.5 Å². The summed E-state index contributed by atoms with van der Waals surface area (Å²) in [5, 5.41) is 0. The van der Waals surface area contributed by atoms with Crippen molar-refractivity contribution in [3.8, 4) is 0 Å². The van der Waals surface area contributed by atoms with Gasteiger partial charge in [-0.1, -0.05) is 36.4 Å². The standard InChI is InChI=1S/C17H19NO2/c18-17-9-8-14(11-16(17)12-19)7-4-10-20-13-15-5-2-1-3-6-15/h1-3,5-6,8-9,11-12H,4,7,10,13,18H2. The van der Waals surface area contributed by atoms with Crippen molar-refractivity contribution in [2.75, 3.05) is 12.3 Å². The Morgan fingerprint density at radius 3 is 2.60 bits per heavy atom. The first-order valence-electron chi connectivity index (χ1n) is 6.75. The minimum atomic E-state index is 0.532. The molecule has 0 amide bonds. The van der Waals surface area contributed by atoms with E-state index < -0.39 is 0 Å². The van der Waals surface area contributed by atoms with Crippen LogP contribution in [0.25, 0.3) is 0 Å². The summed E-state index contributed by atoms with van der Waals surface area (Å²) < 4.78 is 5.63. The molecule has 0 atom stereocenters. The summed E-state index contributed by atoms with van der Waals surface area (Å²) in [6, 6.07) is 15.7. The zero-order chi connectivity index (χ0) is 14.2. The highest BCUT2D eigenvalue weighted by molar-refractivity contribution is 5.83. The largest absolute Gasteiger partial charge is 0.398 e. The van der Waals surface area contributed by atoms with E-state index >= 15 is 0 Å². The van der Waals surface area contributed by atoms with Gasteiger partial charge in [-0.05, 0) is 36.1 Å². The summed E-state index contributed by atoms with van der Waals surface area (Å²) in [4.78, 5) is 10.8. The van der Waals surface area contributed by atoms with Crippen LogP contribution in [0.4, 0.5) is 5.69 Å². The molecule has 2 rings (SSSR count).